The van der Waals surface area contributed by atoms with E-state index < -0.39 is 11.7 Å². The zero-order valence-corrected chi connectivity index (χ0v) is 12.2. The molecular formula is C15H20F3N3O. The van der Waals surface area contributed by atoms with Crippen molar-refractivity contribution in [2.75, 3.05) is 39.3 Å². The molecule has 0 aliphatic carbocycles. The van der Waals surface area contributed by atoms with E-state index in [9.17, 15) is 18.0 Å². The molecule has 0 spiro atoms. The third kappa shape index (κ3) is 4.99. The first-order valence-corrected chi connectivity index (χ1v) is 7.35. The zero-order valence-electron chi connectivity index (χ0n) is 12.2. The fraction of sp³-hybridized carbons (Fsp3) is 0.533. The maximum absolute atomic E-state index is 12.4. The molecule has 2 rings (SSSR count). The smallest absolute Gasteiger partial charge is 0.352 e. The number of halogens is 3. The van der Waals surface area contributed by atoms with Gasteiger partial charge < -0.3 is 15.5 Å². The lowest BCUT2D eigenvalue weighted by molar-refractivity contribution is -0.137. The fourth-order valence-electron chi connectivity index (χ4n) is 2.35. The number of carbonyl (C=O) groups is 1. The highest BCUT2D eigenvalue weighted by Crippen LogP contribution is 2.28. The highest BCUT2D eigenvalue weighted by molar-refractivity contribution is 5.94. The number of carbonyl (C=O) groups excluding carboxylic acids is 1. The summed E-state index contributed by atoms with van der Waals surface area (Å²) in [5.41, 5.74) is -0.502. The van der Waals surface area contributed by atoms with Crippen molar-refractivity contribution in [2.45, 2.75) is 12.6 Å². The minimum absolute atomic E-state index is 0.246. The number of alkyl halides is 3. The van der Waals surface area contributed by atoms with Gasteiger partial charge in [0.25, 0.3) is 5.91 Å². The molecule has 1 amide bonds. The molecule has 0 aromatic heterocycles. The second kappa shape index (κ2) is 7.60. The molecule has 22 heavy (non-hydrogen) atoms. The molecule has 1 aromatic rings. The molecular weight excluding hydrogens is 295 g/mol. The molecule has 0 atom stereocenters. The zero-order chi connectivity index (χ0) is 16.0. The van der Waals surface area contributed by atoms with Gasteiger partial charge in [0.15, 0.2) is 0 Å². The number of piperazine rings is 1. The Labute approximate surface area is 127 Å². The second-order valence-corrected chi connectivity index (χ2v) is 5.28. The van der Waals surface area contributed by atoms with Crippen molar-refractivity contribution in [1.82, 2.24) is 15.5 Å². The monoisotopic (exact) mass is 315 g/mol. The molecule has 1 heterocycles. The van der Waals surface area contributed by atoms with Crippen molar-refractivity contribution in [3.05, 3.63) is 35.4 Å². The van der Waals surface area contributed by atoms with Crippen LogP contribution in [0, 0.1) is 0 Å². The van der Waals surface area contributed by atoms with Crippen LogP contribution in [0.25, 0.3) is 0 Å². The van der Waals surface area contributed by atoms with Gasteiger partial charge in [-0.2, -0.15) is 13.2 Å². The molecule has 1 saturated heterocycles. The van der Waals surface area contributed by atoms with Gasteiger partial charge >= 0.3 is 6.18 Å². The van der Waals surface area contributed by atoms with Gasteiger partial charge in [-0.25, -0.2) is 0 Å². The van der Waals surface area contributed by atoms with Gasteiger partial charge in [0.05, 0.1) is 5.56 Å². The summed E-state index contributed by atoms with van der Waals surface area (Å²) in [6.07, 6.45) is -3.55. The van der Waals surface area contributed by atoms with Gasteiger partial charge in [-0.05, 0) is 37.2 Å². The van der Waals surface area contributed by atoms with Crippen molar-refractivity contribution in [2.24, 2.45) is 0 Å². The van der Waals surface area contributed by atoms with Gasteiger partial charge in [0.2, 0.25) is 0 Å². The van der Waals surface area contributed by atoms with E-state index in [1.165, 1.54) is 12.1 Å². The summed E-state index contributed by atoms with van der Waals surface area (Å²) in [5.74, 6) is -0.339. The first kappa shape index (κ1) is 16.8. The molecule has 1 aliphatic heterocycles. The number of hydrogen-bond donors (Lipinski definition) is 2. The van der Waals surface area contributed by atoms with E-state index >= 15 is 0 Å². The molecule has 1 fully saturated rings. The lowest BCUT2D eigenvalue weighted by Crippen LogP contribution is -2.44. The summed E-state index contributed by atoms with van der Waals surface area (Å²) >= 11 is 0. The Morgan fingerprint density at radius 3 is 2.41 bits per heavy atom. The van der Waals surface area contributed by atoms with E-state index in [-0.39, 0.29) is 11.5 Å². The number of rotatable bonds is 5. The highest BCUT2D eigenvalue weighted by Gasteiger charge is 2.30. The molecule has 0 bridgehead atoms. The molecule has 0 unspecified atom stereocenters. The van der Waals surface area contributed by atoms with Crippen molar-refractivity contribution < 1.29 is 18.0 Å². The molecule has 4 nitrogen and oxygen atoms in total. The van der Waals surface area contributed by atoms with Crippen LogP contribution in [-0.4, -0.2) is 50.1 Å². The first-order valence-electron chi connectivity index (χ1n) is 7.35. The fourth-order valence-corrected chi connectivity index (χ4v) is 2.35. The lowest BCUT2D eigenvalue weighted by atomic mass is 10.1. The van der Waals surface area contributed by atoms with Gasteiger partial charge in [-0.1, -0.05) is 0 Å². The number of benzene rings is 1. The maximum Gasteiger partial charge on any atom is 0.416 e. The summed E-state index contributed by atoms with van der Waals surface area (Å²) in [6.45, 7) is 5.41. The van der Waals surface area contributed by atoms with E-state index in [2.05, 4.69) is 15.5 Å². The van der Waals surface area contributed by atoms with E-state index in [0.29, 0.717) is 6.54 Å². The Kier molecular flexibility index (Phi) is 5.79. The number of amides is 1. The molecule has 0 radical (unpaired) electrons. The van der Waals surface area contributed by atoms with Gasteiger partial charge in [0.1, 0.15) is 0 Å². The van der Waals surface area contributed by atoms with E-state index in [0.717, 1.165) is 51.3 Å². The Balaban J connectivity index is 1.72. The van der Waals surface area contributed by atoms with Crippen LogP contribution in [0.5, 0.6) is 0 Å². The summed E-state index contributed by atoms with van der Waals surface area (Å²) in [4.78, 5) is 14.2. The van der Waals surface area contributed by atoms with Gasteiger partial charge in [-0.15, -0.1) is 0 Å². The third-order valence-corrected chi connectivity index (χ3v) is 3.62. The van der Waals surface area contributed by atoms with Crippen LogP contribution in [0.4, 0.5) is 13.2 Å². The quantitative estimate of drug-likeness (QED) is 0.814. The second-order valence-electron chi connectivity index (χ2n) is 5.28. The van der Waals surface area contributed by atoms with E-state index in [4.69, 9.17) is 0 Å². The average Bonchev–Trinajstić information content (AvgIpc) is 2.52. The maximum atomic E-state index is 12.4. The van der Waals surface area contributed by atoms with Crippen molar-refractivity contribution in [3.63, 3.8) is 0 Å². The SMILES string of the molecule is O=C(NCCCN1CCNCC1)c1ccc(C(F)(F)F)cc1. The standard InChI is InChI=1S/C15H20F3N3O/c16-15(17,18)13-4-2-12(3-5-13)14(22)20-6-1-9-21-10-7-19-8-11-21/h2-5,19H,1,6-11H2,(H,20,22). The summed E-state index contributed by atoms with van der Waals surface area (Å²) in [6, 6.07) is 4.26. The van der Waals surface area contributed by atoms with Crippen LogP contribution < -0.4 is 10.6 Å². The Morgan fingerprint density at radius 1 is 1.18 bits per heavy atom. The molecule has 1 aliphatic rings. The highest BCUT2D eigenvalue weighted by atomic mass is 19.4. The Bertz CT molecular complexity index is 482. The van der Waals surface area contributed by atoms with Crippen LogP contribution in [0.15, 0.2) is 24.3 Å². The topological polar surface area (TPSA) is 44.4 Å². The number of hydrogen-bond acceptors (Lipinski definition) is 3. The van der Waals surface area contributed by atoms with E-state index in [1.807, 2.05) is 0 Å². The van der Waals surface area contributed by atoms with Crippen molar-refractivity contribution in [1.29, 1.82) is 0 Å². The van der Waals surface area contributed by atoms with Crippen molar-refractivity contribution in [3.8, 4) is 0 Å². The largest absolute Gasteiger partial charge is 0.416 e. The molecule has 1 aromatic carbocycles. The predicted octanol–water partition coefficient (Wildman–Crippen LogP) is 1.73. The number of nitrogens with one attached hydrogen (secondary N) is 2. The lowest BCUT2D eigenvalue weighted by Gasteiger charge is -2.27. The van der Waals surface area contributed by atoms with E-state index in [1.54, 1.807) is 0 Å². The third-order valence-electron chi connectivity index (χ3n) is 3.62. The Morgan fingerprint density at radius 2 is 1.82 bits per heavy atom. The first-order chi connectivity index (χ1) is 10.5. The molecule has 2 N–H and O–H groups in total. The minimum atomic E-state index is -4.38. The van der Waals surface area contributed by atoms with Crippen LogP contribution in [0.3, 0.4) is 0 Å². The van der Waals surface area contributed by atoms with Crippen molar-refractivity contribution >= 4 is 5.91 Å². The molecule has 0 saturated carbocycles. The van der Waals surface area contributed by atoms with Crippen LogP contribution >= 0.6 is 0 Å². The summed E-state index contributed by atoms with van der Waals surface area (Å²) in [7, 11) is 0. The van der Waals surface area contributed by atoms with Gasteiger partial charge in [0, 0.05) is 38.3 Å². The molecule has 122 valence electrons. The summed E-state index contributed by atoms with van der Waals surface area (Å²) in [5, 5.41) is 6.00. The molecule has 7 heteroatoms. The van der Waals surface area contributed by atoms with Crippen LogP contribution in [-0.2, 0) is 6.18 Å². The van der Waals surface area contributed by atoms with Crippen LogP contribution in [0.1, 0.15) is 22.3 Å². The van der Waals surface area contributed by atoms with Gasteiger partial charge in [-0.3, -0.25) is 4.79 Å². The van der Waals surface area contributed by atoms with Crippen LogP contribution in [0.2, 0.25) is 0 Å². The average molecular weight is 315 g/mol. The summed E-state index contributed by atoms with van der Waals surface area (Å²) < 4.78 is 37.3. The number of nitrogens with zero attached hydrogens (tertiary/aromatic N) is 1. The Hall–Kier alpha value is -1.60. The normalized spacial score (nSPS) is 16.5. The predicted molar refractivity (Wildman–Crippen MR) is 77.7 cm³/mol. The minimum Gasteiger partial charge on any atom is -0.352 e.